The lowest BCUT2D eigenvalue weighted by molar-refractivity contribution is -0.111. The first-order valence-corrected chi connectivity index (χ1v) is 8.57. The second kappa shape index (κ2) is 6.48. The van der Waals surface area contributed by atoms with Crippen LogP contribution >= 0.6 is 23.2 Å². The van der Waals surface area contributed by atoms with Gasteiger partial charge in [0.05, 0.1) is 21.4 Å². The van der Waals surface area contributed by atoms with Crippen molar-refractivity contribution in [1.82, 2.24) is 0 Å². The van der Waals surface area contributed by atoms with Gasteiger partial charge in [-0.25, -0.2) is 4.99 Å². The van der Waals surface area contributed by atoms with E-state index in [1.165, 1.54) is 0 Å². The first-order chi connectivity index (χ1) is 12.5. The van der Waals surface area contributed by atoms with Gasteiger partial charge >= 0.3 is 0 Å². The average molecular weight is 383 g/mol. The van der Waals surface area contributed by atoms with Gasteiger partial charge in [0.1, 0.15) is 11.5 Å². The van der Waals surface area contributed by atoms with Gasteiger partial charge in [-0.1, -0.05) is 41.4 Å². The van der Waals surface area contributed by atoms with E-state index in [4.69, 9.17) is 23.2 Å². The van der Waals surface area contributed by atoms with Gasteiger partial charge in [0.2, 0.25) is 0 Å². The Morgan fingerprint density at radius 2 is 1.62 bits per heavy atom. The summed E-state index contributed by atoms with van der Waals surface area (Å²) >= 11 is 12.0. The maximum atomic E-state index is 13.1. The molecule has 3 aromatic rings. The minimum atomic E-state index is -0.247. The number of phenols is 1. The fourth-order valence-electron chi connectivity index (χ4n) is 2.85. The second-order valence-corrected chi connectivity index (χ2v) is 6.55. The van der Waals surface area contributed by atoms with Crippen molar-refractivity contribution in [3.63, 3.8) is 0 Å². The van der Waals surface area contributed by atoms with E-state index < -0.39 is 0 Å². The molecular weight excluding hydrogens is 371 g/mol. The van der Waals surface area contributed by atoms with Gasteiger partial charge in [0.15, 0.2) is 0 Å². The summed E-state index contributed by atoms with van der Waals surface area (Å²) in [5.74, 6) is -0.110. The molecule has 0 atom stereocenters. The van der Waals surface area contributed by atoms with E-state index >= 15 is 0 Å². The van der Waals surface area contributed by atoms with Crippen LogP contribution in [-0.2, 0) is 4.79 Å². The summed E-state index contributed by atoms with van der Waals surface area (Å²) in [7, 11) is 0. The van der Waals surface area contributed by atoms with Crippen LogP contribution in [0.2, 0.25) is 10.0 Å². The summed E-state index contributed by atoms with van der Waals surface area (Å²) in [6.07, 6.45) is 0. The molecule has 0 radical (unpaired) electrons. The van der Waals surface area contributed by atoms with Crippen LogP contribution in [0.3, 0.4) is 0 Å². The lowest BCUT2D eigenvalue weighted by atomic mass is 10.1. The Kier molecular flexibility index (Phi) is 4.15. The van der Waals surface area contributed by atoms with Gasteiger partial charge in [0.25, 0.3) is 5.91 Å². The molecule has 128 valence electrons. The Morgan fingerprint density at radius 1 is 0.885 bits per heavy atom. The molecule has 0 aliphatic carbocycles. The monoisotopic (exact) mass is 382 g/mol. The third kappa shape index (κ3) is 2.83. The molecule has 4 rings (SSSR count). The predicted octanol–water partition coefficient (Wildman–Crippen LogP) is 5.50. The number of halogens is 2. The van der Waals surface area contributed by atoms with Crippen molar-refractivity contribution in [2.75, 3.05) is 4.90 Å². The van der Waals surface area contributed by atoms with Crippen molar-refractivity contribution in [2.45, 2.75) is 0 Å². The van der Waals surface area contributed by atoms with Crippen molar-refractivity contribution < 1.29 is 9.90 Å². The molecule has 4 nitrogen and oxygen atoms in total. The standard InChI is InChI=1S/C20H12Cl2N2O2/c21-16-10-5-12(11-17(16)22)23-19-15-3-1-2-4-18(15)24(20(19)26)13-6-8-14(25)9-7-13/h1-11,25H. The quantitative estimate of drug-likeness (QED) is 0.636. The number of benzene rings is 3. The highest BCUT2D eigenvalue weighted by Crippen LogP contribution is 2.37. The first-order valence-electron chi connectivity index (χ1n) is 7.81. The highest BCUT2D eigenvalue weighted by Gasteiger charge is 2.34. The van der Waals surface area contributed by atoms with Crippen molar-refractivity contribution in [3.8, 4) is 5.75 Å². The molecule has 6 heteroatoms. The number of carbonyl (C=O) groups is 1. The largest absolute Gasteiger partial charge is 0.508 e. The zero-order valence-corrected chi connectivity index (χ0v) is 14.9. The number of phenolic OH excluding ortho intramolecular Hbond substituents is 1. The van der Waals surface area contributed by atoms with E-state index in [1.54, 1.807) is 47.4 Å². The summed E-state index contributed by atoms with van der Waals surface area (Å²) < 4.78 is 0. The number of carbonyl (C=O) groups excluding carboxylic acids is 1. The Balaban J connectivity index is 1.84. The van der Waals surface area contributed by atoms with Crippen molar-refractivity contribution in [2.24, 2.45) is 4.99 Å². The highest BCUT2D eigenvalue weighted by atomic mass is 35.5. The van der Waals surface area contributed by atoms with Gasteiger partial charge < -0.3 is 5.11 Å². The molecular formula is C20H12Cl2N2O2. The van der Waals surface area contributed by atoms with Gasteiger partial charge in [0, 0.05) is 11.3 Å². The number of amides is 1. The molecule has 3 aromatic carbocycles. The Hall–Kier alpha value is -2.82. The van der Waals surface area contributed by atoms with E-state index in [0.717, 1.165) is 11.3 Å². The topological polar surface area (TPSA) is 52.9 Å². The third-order valence-electron chi connectivity index (χ3n) is 4.06. The molecule has 1 amide bonds. The minimum absolute atomic E-state index is 0.137. The van der Waals surface area contributed by atoms with Crippen LogP contribution < -0.4 is 4.90 Å². The summed E-state index contributed by atoms with van der Waals surface area (Å²) in [5, 5.41) is 10.3. The Labute approximate surface area is 159 Å². The van der Waals surface area contributed by atoms with E-state index in [2.05, 4.69) is 4.99 Å². The molecule has 0 spiro atoms. The summed E-state index contributed by atoms with van der Waals surface area (Å²) in [5.41, 5.74) is 3.00. The molecule has 0 saturated carbocycles. The molecule has 1 N–H and O–H groups in total. The first kappa shape index (κ1) is 16.6. The summed E-state index contributed by atoms with van der Waals surface area (Å²) in [6, 6.07) is 18.9. The Bertz CT molecular complexity index is 1050. The molecule has 1 aliphatic rings. The molecule has 26 heavy (non-hydrogen) atoms. The molecule has 1 aliphatic heterocycles. The van der Waals surface area contributed by atoms with Gasteiger partial charge in [-0.05, 0) is 48.5 Å². The molecule has 1 heterocycles. The van der Waals surface area contributed by atoms with Gasteiger partial charge in [-0.15, -0.1) is 0 Å². The lowest BCUT2D eigenvalue weighted by Crippen LogP contribution is -2.25. The zero-order valence-electron chi connectivity index (χ0n) is 13.4. The minimum Gasteiger partial charge on any atom is -0.508 e. The predicted molar refractivity (Wildman–Crippen MR) is 104 cm³/mol. The van der Waals surface area contributed by atoms with Crippen LogP contribution in [0.25, 0.3) is 0 Å². The van der Waals surface area contributed by atoms with Crippen LogP contribution in [0.15, 0.2) is 71.7 Å². The zero-order chi connectivity index (χ0) is 18.3. The number of fused-ring (bicyclic) bond motifs is 1. The van der Waals surface area contributed by atoms with E-state index in [0.29, 0.717) is 27.1 Å². The number of rotatable bonds is 2. The van der Waals surface area contributed by atoms with Crippen LogP contribution in [0.1, 0.15) is 5.56 Å². The maximum absolute atomic E-state index is 13.1. The average Bonchev–Trinajstić information content (AvgIpc) is 2.91. The number of aliphatic imine (C=N–C) groups is 1. The van der Waals surface area contributed by atoms with Crippen LogP contribution in [0, 0.1) is 0 Å². The molecule has 0 unspecified atom stereocenters. The number of anilines is 2. The number of hydrogen-bond donors (Lipinski definition) is 1. The van der Waals surface area contributed by atoms with E-state index in [1.807, 2.05) is 24.3 Å². The van der Waals surface area contributed by atoms with Crippen molar-refractivity contribution >= 4 is 51.9 Å². The fourth-order valence-corrected chi connectivity index (χ4v) is 3.14. The number of hydrogen-bond acceptors (Lipinski definition) is 3. The molecule has 0 aromatic heterocycles. The van der Waals surface area contributed by atoms with Crippen LogP contribution in [0.4, 0.5) is 17.1 Å². The fraction of sp³-hybridized carbons (Fsp3) is 0. The molecule has 0 fully saturated rings. The lowest BCUT2D eigenvalue weighted by Gasteiger charge is -2.16. The third-order valence-corrected chi connectivity index (χ3v) is 4.80. The van der Waals surface area contributed by atoms with Gasteiger partial charge in [-0.3, -0.25) is 9.69 Å². The van der Waals surface area contributed by atoms with Crippen LogP contribution in [-0.4, -0.2) is 16.7 Å². The molecule has 0 saturated heterocycles. The summed E-state index contributed by atoms with van der Waals surface area (Å²) in [4.78, 5) is 19.2. The van der Waals surface area contributed by atoms with Crippen molar-refractivity contribution in [1.29, 1.82) is 0 Å². The Morgan fingerprint density at radius 3 is 2.35 bits per heavy atom. The van der Waals surface area contributed by atoms with Crippen molar-refractivity contribution in [3.05, 3.63) is 82.3 Å². The van der Waals surface area contributed by atoms with Gasteiger partial charge in [-0.2, -0.15) is 0 Å². The van der Waals surface area contributed by atoms with E-state index in [9.17, 15) is 9.90 Å². The SMILES string of the molecule is O=C1C(=Nc2ccc(Cl)c(Cl)c2)c2ccccc2N1c1ccc(O)cc1. The normalized spacial score (nSPS) is 14.8. The molecule has 0 bridgehead atoms. The smallest absolute Gasteiger partial charge is 0.282 e. The second-order valence-electron chi connectivity index (χ2n) is 5.73. The van der Waals surface area contributed by atoms with Crippen LogP contribution in [0.5, 0.6) is 5.75 Å². The number of aromatic hydroxyl groups is 1. The maximum Gasteiger partial charge on any atom is 0.282 e. The summed E-state index contributed by atoms with van der Waals surface area (Å²) in [6.45, 7) is 0. The number of nitrogens with zero attached hydrogens (tertiary/aromatic N) is 2. The number of para-hydroxylation sites is 1. The van der Waals surface area contributed by atoms with E-state index in [-0.39, 0.29) is 11.7 Å². The highest BCUT2D eigenvalue weighted by molar-refractivity contribution is 6.56.